The topological polar surface area (TPSA) is 92.4 Å². The SMILES string of the molecule is Nc1cccc(CS(=O)(=O)NC(CO)c2ccccc2)c1. The number of hydrogen-bond acceptors (Lipinski definition) is 4. The summed E-state index contributed by atoms with van der Waals surface area (Å²) >= 11 is 0. The molecule has 6 heteroatoms. The number of sulfonamides is 1. The summed E-state index contributed by atoms with van der Waals surface area (Å²) in [7, 11) is -3.58. The molecule has 0 aliphatic carbocycles. The Morgan fingerprint density at radius 1 is 1.10 bits per heavy atom. The molecule has 4 N–H and O–H groups in total. The first-order valence-electron chi connectivity index (χ1n) is 6.50. The highest BCUT2D eigenvalue weighted by atomic mass is 32.2. The summed E-state index contributed by atoms with van der Waals surface area (Å²) in [5.74, 6) is -0.179. The third-order valence-corrected chi connectivity index (χ3v) is 4.37. The van der Waals surface area contributed by atoms with Gasteiger partial charge in [-0.1, -0.05) is 42.5 Å². The van der Waals surface area contributed by atoms with Crippen LogP contribution in [0.2, 0.25) is 0 Å². The van der Waals surface area contributed by atoms with E-state index < -0.39 is 16.1 Å². The lowest BCUT2D eigenvalue weighted by Gasteiger charge is -2.17. The number of benzene rings is 2. The van der Waals surface area contributed by atoms with Crippen molar-refractivity contribution < 1.29 is 13.5 Å². The second-order valence-electron chi connectivity index (χ2n) is 4.77. The largest absolute Gasteiger partial charge is 0.399 e. The van der Waals surface area contributed by atoms with E-state index in [9.17, 15) is 13.5 Å². The Balaban J connectivity index is 2.13. The fourth-order valence-corrected chi connectivity index (χ4v) is 3.40. The smallest absolute Gasteiger partial charge is 0.216 e. The summed E-state index contributed by atoms with van der Waals surface area (Å²) in [4.78, 5) is 0. The van der Waals surface area contributed by atoms with E-state index in [1.807, 2.05) is 6.07 Å². The molecule has 2 rings (SSSR count). The third-order valence-electron chi connectivity index (χ3n) is 3.01. The van der Waals surface area contributed by atoms with E-state index in [1.54, 1.807) is 48.5 Å². The quantitative estimate of drug-likeness (QED) is 0.704. The molecular formula is C15H18N2O3S. The number of aliphatic hydroxyl groups excluding tert-OH is 1. The van der Waals surface area contributed by atoms with Crippen LogP contribution in [0, 0.1) is 0 Å². The van der Waals surface area contributed by atoms with Gasteiger partial charge in [0.2, 0.25) is 10.0 Å². The first-order chi connectivity index (χ1) is 10.00. The van der Waals surface area contributed by atoms with Gasteiger partial charge in [-0.2, -0.15) is 0 Å². The molecule has 0 heterocycles. The number of hydrogen-bond donors (Lipinski definition) is 3. The van der Waals surface area contributed by atoms with Crippen molar-refractivity contribution in [1.82, 2.24) is 4.72 Å². The molecule has 0 saturated carbocycles. The van der Waals surface area contributed by atoms with E-state index in [1.165, 1.54) is 0 Å². The molecule has 1 unspecified atom stereocenters. The summed E-state index contributed by atoms with van der Waals surface area (Å²) in [5, 5.41) is 9.41. The van der Waals surface area contributed by atoms with Crippen LogP contribution in [-0.2, 0) is 15.8 Å². The molecule has 0 aromatic heterocycles. The van der Waals surface area contributed by atoms with Crippen LogP contribution in [0.4, 0.5) is 5.69 Å². The summed E-state index contributed by atoms with van der Waals surface area (Å²) in [6.07, 6.45) is 0. The van der Waals surface area contributed by atoms with Crippen LogP contribution >= 0.6 is 0 Å². The number of nitrogens with one attached hydrogen (secondary N) is 1. The van der Waals surface area contributed by atoms with Crippen molar-refractivity contribution in [3.8, 4) is 0 Å². The van der Waals surface area contributed by atoms with Gasteiger partial charge in [-0.15, -0.1) is 0 Å². The Morgan fingerprint density at radius 3 is 2.43 bits per heavy atom. The molecule has 0 aliphatic rings. The van der Waals surface area contributed by atoms with Gasteiger partial charge >= 0.3 is 0 Å². The number of nitrogen functional groups attached to an aromatic ring is 1. The molecule has 0 spiro atoms. The van der Waals surface area contributed by atoms with Gasteiger partial charge in [0.15, 0.2) is 0 Å². The first kappa shape index (κ1) is 15.5. The van der Waals surface area contributed by atoms with Gasteiger partial charge in [0.25, 0.3) is 0 Å². The summed E-state index contributed by atoms with van der Waals surface area (Å²) in [6, 6.07) is 15.0. The van der Waals surface area contributed by atoms with Crippen molar-refractivity contribution in [1.29, 1.82) is 0 Å². The van der Waals surface area contributed by atoms with E-state index in [2.05, 4.69) is 4.72 Å². The van der Waals surface area contributed by atoms with Crippen LogP contribution in [0.3, 0.4) is 0 Å². The lowest BCUT2D eigenvalue weighted by molar-refractivity contribution is 0.259. The maximum absolute atomic E-state index is 12.2. The predicted molar refractivity (Wildman–Crippen MR) is 82.9 cm³/mol. The van der Waals surface area contributed by atoms with Crippen molar-refractivity contribution in [2.45, 2.75) is 11.8 Å². The van der Waals surface area contributed by atoms with Crippen LogP contribution in [-0.4, -0.2) is 20.1 Å². The summed E-state index contributed by atoms with van der Waals surface area (Å²) in [5.41, 5.74) is 7.48. The van der Waals surface area contributed by atoms with Gasteiger partial charge in [-0.3, -0.25) is 0 Å². The molecule has 0 fully saturated rings. The monoisotopic (exact) mass is 306 g/mol. The highest BCUT2D eigenvalue weighted by Gasteiger charge is 2.19. The van der Waals surface area contributed by atoms with E-state index in [0.29, 0.717) is 11.3 Å². The first-order valence-corrected chi connectivity index (χ1v) is 8.15. The molecule has 112 valence electrons. The molecule has 1 atom stereocenters. The van der Waals surface area contributed by atoms with Crippen LogP contribution < -0.4 is 10.5 Å². The average Bonchev–Trinajstić information content (AvgIpc) is 2.45. The zero-order chi connectivity index (χ0) is 15.3. The lowest BCUT2D eigenvalue weighted by atomic mass is 10.1. The average molecular weight is 306 g/mol. The van der Waals surface area contributed by atoms with Gasteiger partial charge in [0.1, 0.15) is 0 Å². The van der Waals surface area contributed by atoms with Crippen LogP contribution in [0.5, 0.6) is 0 Å². The van der Waals surface area contributed by atoms with E-state index in [-0.39, 0.29) is 12.4 Å². The molecule has 0 saturated heterocycles. The molecule has 2 aromatic rings. The lowest BCUT2D eigenvalue weighted by Crippen LogP contribution is -2.31. The molecule has 5 nitrogen and oxygen atoms in total. The second kappa shape index (κ2) is 6.71. The third kappa shape index (κ3) is 4.56. The van der Waals surface area contributed by atoms with Gasteiger partial charge < -0.3 is 10.8 Å². The molecule has 0 radical (unpaired) electrons. The molecule has 0 bridgehead atoms. The van der Waals surface area contributed by atoms with Gasteiger partial charge in [-0.05, 0) is 23.3 Å². The fraction of sp³-hybridized carbons (Fsp3) is 0.200. The minimum atomic E-state index is -3.58. The Morgan fingerprint density at radius 2 is 1.81 bits per heavy atom. The zero-order valence-electron chi connectivity index (χ0n) is 11.4. The van der Waals surface area contributed by atoms with Crippen LogP contribution in [0.15, 0.2) is 54.6 Å². The van der Waals surface area contributed by atoms with Gasteiger partial charge in [0, 0.05) is 5.69 Å². The maximum atomic E-state index is 12.2. The zero-order valence-corrected chi connectivity index (χ0v) is 12.3. The highest BCUT2D eigenvalue weighted by molar-refractivity contribution is 7.88. The van der Waals surface area contributed by atoms with Gasteiger partial charge in [0.05, 0.1) is 18.4 Å². The molecule has 2 aromatic carbocycles. The Hall–Kier alpha value is -1.89. The molecule has 0 aliphatic heterocycles. The highest BCUT2D eigenvalue weighted by Crippen LogP contribution is 2.15. The van der Waals surface area contributed by atoms with Crippen molar-refractivity contribution in [3.63, 3.8) is 0 Å². The van der Waals surface area contributed by atoms with E-state index in [4.69, 9.17) is 5.73 Å². The Kier molecular flexibility index (Phi) is 4.95. The van der Waals surface area contributed by atoms with E-state index >= 15 is 0 Å². The summed E-state index contributed by atoms with van der Waals surface area (Å²) in [6.45, 7) is -0.305. The van der Waals surface area contributed by atoms with Crippen molar-refractivity contribution in [3.05, 3.63) is 65.7 Å². The number of aliphatic hydroxyl groups is 1. The van der Waals surface area contributed by atoms with Crippen molar-refractivity contribution >= 4 is 15.7 Å². The number of nitrogens with two attached hydrogens (primary N) is 1. The molecule has 21 heavy (non-hydrogen) atoms. The van der Waals surface area contributed by atoms with Crippen LogP contribution in [0.25, 0.3) is 0 Å². The standard InChI is InChI=1S/C15H18N2O3S/c16-14-8-4-5-12(9-14)11-21(19,20)17-15(10-18)13-6-2-1-3-7-13/h1-9,15,17-18H,10-11,16H2. The maximum Gasteiger partial charge on any atom is 0.216 e. The van der Waals surface area contributed by atoms with E-state index in [0.717, 1.165) is 5.56 Å². The predicted octanol–water partition coefficient (Wildman–Crippen LogP) is 1.42. The van der Waals surface area contributed by atoms with Crippen molar-refractivity contribution in [2.75, 3.05) is 12.3 Å². The summed E-state index contributed by atoms with van der Waals surface area (Å²) < 4.78 is 26.9. The van der Waals surface area contributed by atoms with Crippen LogP contribution in [0.1, 0.15) is 17.2 Å². The number of anilines is 1. The number of rotatable bonds is 6. The Labute approximate surface area is 124 Å². The molecular weight excluding hydrogens is 288 g/mol. The normalized spacial score (nSPS) is 13.0. The second-order valence-corrected chi connectivity index (χ2v) is 6.52. The van der Waals surface area contributed by atoms with Gasteiger partial charge in [-0.25, -0.2) is 13.1 Å². The fourth-order valence-electron chi connectivity index (χ4n) is 2.06. The molecule has 0 amide bonds. The minimum Gasteiger partial charge on any atom is -0.399 e. The Bertz CT molecular complexity index is 687. The van der Waals surface area contributed by atoms with Crippen molar-refractivity contribution in [2.24, 2.45) is 0 Å². The minimum absolute atomic E-state index is 0.179.